The van der Waals surface area contributed by atoms with Gasteiger partial charge in [-0.05, 0) is 32.0 Å². The van der Waals surface area contributed by atoms with Crippen LogP contribution in [0.25, 0.3) is 0 Å². The molecule has 1 atom stereocenters. The van der Waals surface area contributed by atoms with E-state index in [1.807, 2.05) is 0 Å². The van der Waals surface area contributed by atoms with Crippen molar-refractivity contribution in [3.05, 3.63) is 44.0 Å². The largest absolute Gasteiger partial charge is 0.495 e. The monoisotopic (exact) mass is 384 g/mol. The summed E-state index contributed by atoms with van der Waals surface area (Å²) in [5, 5.41) is 4.59. The molecule has 134 valence electrons. The zero-order valence-corrected chi connectivity index (χ0v) is 15.4. The van der Waals surface area contributed by atoms with E-state index in [0.717, 1.165) is 11.3 Å². The second-order valence-corrected chi connectivity index (χ2v) is 6.43. The fourth-order valence-corrected chi connectivity index (χ4v) is 2.99. The number of ether oxygens (including phenoxy) is 2. The van der Waals surface area contributed by atoms with E-state index in [1.54, 1.807) is 24.4 Å². The lowest BCUT2D eigenvalue weighted by molar-refractivity contribution is -0.153. The predicted molar refractivity (Wildman–Crippen MR) is 95.5 cm³/mol. The molecule has 0 aliphatic carbocycles. The maximum absolute atomic E-state index is 12.1. The molecule has 0 aliphatic rings. The van der Waals surface area contributed by atoms with Crippen LogP contribution in [0, 0.1) is 6.92 Å². The van der Waals surface area contributed by atoms with E-state index < -0.39 is 18.0 Å². The Bertz CT molecular complexity index is 845. The van der Waals surface area contributed by atoms with Crippen LogP contribution < -0.4 is 14.9 Å². The number of benzene rings is 1. The van der Waals surface area contributed by atoms with E-state index in [1.165, 1.54) is 24.7 Å². The molecule has 2 rings (SSSR count). The molecule has 0 saturated carbocycles. The lowest BCUT2D eigenvalue weighted by Gasteiger charge is -2.14. The third kappa shape index (κ3) is 4.83. The first-order valence-electron chi connectivity index (χ1n) is 7.30. The number of carbonyl (C=O) groups excluding carboxylic acids is 2. The Kier molecular flexibility index (Phi) is 6.22. The number of esters is 1. The van der Waals surface area contributed by atoms with Gasteiger partial charge in [0.15, 0.2) is 6.10 Å². The molecule has 1 aromatic heterocycles. The minimum atomic E-state index is -1.02. The molecule has 1 heterocycles. The van der Waals surface area contributed by atoms with Gasteiger partial charge in [0.1, 0.15) is 12.3 Å². The molecule has 0 bridgehead atoms. The molecule has 7 nitrogen and oxygen atoms in total. The number of nitrogens with one attached hydrogen (secondary N) is 1. The number of hydrogen-bond donors (Lipinski definition) is 1. The molecular formula is C16H17ClN2O5S. The van der Waals surface area contributed by atoms with E-state index >= 15 is 0 Å². The Balaban J connectivity index is 1.94. The number of halogens is 1. The molecule has 0 spiro atoms. The first-order valence-corrected chi connectivity index (χ1v) is 8.56. The molecule has 0 fully saturated rings. The van der Waals surface area contributed by atoms with Gasteiger partial charge in [-0.3, -0.25) is 19.0 Å². The van der Waals surface area contributed by atoms with E-state index in [4.69, 9.17) is 21.1 Å². The summed E-state index contributed by atoms with van der Waals surface area (Å²) in [6.07, 6.45) is -1.02. The number of rotatable bonds is 6. The zero-order chi connectivity index (χ0) is 18.6. The minimum absolute atomic E-state index is 0.236. The summed E-state index contributed by atoms with van der Waals surface area (Å²) in [5.74, 6) is -0.696. The van der Waals surface area contributed by atoms with Gasteiger partial charge < -0.3 is 14.8 Å². The molecule has 0 radical (unpaired) electrons. The predicted octanol–water partition coefficient (Wildman–Crippen LogP) is 2.45. The smallest absolute Gasteiger partial charge is 0.326 e. The van der Waals surface area contributed by atoms with E-state index in [-0.39, 0.29) is 11.4 Å². The molecule has 1 amide bonds. The van der Waals surface area contributed by atoms with E-state index in [0.29, 0.717) is 22.2 Å². The maximum Gasteiger partial charge on any atom is 0.326 e. The molecule has 9 heteroatoms. The van der Waals surface area contributed by atoms with Crippen molar-refractivity contribution in [3.63, 3.8) is 0 Å². The highest BCUT2D eigenvalue weighted by Crippen LogP contribution is 2.27. The van der Waals surface area contributed by atoms with Gasteiger partial charge in [0.2, 0.25) is 0 Å². The topological polar surface area (TPSA) is 86.6 Å². The van der Waals surface area contributed by atoms with Crippen LogP contribution in [0.15, 0.2) is 28.4 Å². The highest BCUT2D eigenvalue weighted by Gasteiger charge is 2.19. The average Bonchev–Trinajstić information content (AvgIpc) is 2.86. The first-order chi connectivity index (χ1) is 11.8. The van der Waals surface area contributed by atoms with Crippen LogP contribution in [-0.2, 0) is 20.9 Å². The van der Waals surface area contributed by atoms with Crippen molar-refractivity contribution in [1.82, 2.24) is 4.57 Å². The van der Waals surface area contributed by atoms with Crippen molar-refractivity contribution in [2.45, 2.75) is 26.5 Å². The Labute approximate surface area is 153 Å². The summed E-state index contributed by atoms with van der Waals surface area (Å²) in [5.41, 5.74) is 1.11. The summed E-state index contributed by atoms with van der Waals surface area (Å²) in [6.45, 7) is 2.93. The third-order valence-corrected chi connectivity index (χ3v) is 4.54. The molecule has 0 saturated heterocycles. The van der Waals surface area contributed by atoms with Crippen LogP contribution >= 0.6 is 22.9 Å². The van der Waals surface area contributed by atoms with Gasteiger partial charge in [-0.2, -0.15) is 0 Å². The van der Waals surface area contributed by atoms with Crippen molar-refractivity contribution in [2.75, 3.05) is 12.4 Å². The number of methoxy groups -OCH3 is 1. The Hall–Kier alpha value is -2.32. The van der Waals surface area contributed by atoms with Gasteiger partial charge >= 0.3 is 10.8 Å². The van der Waals surface area contributed by atoms with Crippen molar-refractivity contribution >= 4 is 40.5 Å². The zero-order valence-electron chi connectivity index (χ0n) is 13.9. The van der Waals surface area contributed by atoms with Gasteiger partial charge in [-0.25, -0.2) is 0 Å². The van der Waals surface area contributed by atoms with Gasteiger partial charge in [0.05, 0.1) is 12.1 Å². The van der Waals surface area contributed by atoms with Gasteiger partial charge in [-0.15, -0.1) is 0 Å². The number of anilines is 1. The van der Waals surface area contributed by atoms with E-state index in [2.05, 4.69) is 5.32 Å². The highest BCUT2D eigenvalue weighted by atomic mass is 35.5. The fourth-order valence-electron chi connectivity index (χ4n) is 2.00. The highest BCUT2D eigenvalue weighted by molar-refractivity contribution is 7.07. The van der Waals surface area contributed by atoms with Gasteiger partial charge in [0, 0.05) is 16.8 Å². The summed E-state index contributed by atoms with van der Waals surface area (Å²) in [4.78, 5) is 35.4. The number of hydrogen-bond acceptors (Lipinski definition) is 6. The van der Waals surface area contributed by atoms with Crippen LogP contribution in [-0.4, -0.2) is 29.7 Å². The number of carbonyl (C=O) groups is 2. The summed E-state index contributed by atoms with van der Waals surface area (Å²) >= 11 is 6.99. The van der Waals surface area contributed by atoms with Crippen molar-refractivity contribution in [1.29, 1.82) is 0 Å². The SMILES string of the molecule is COc1ccc(NC(=O)[C@H](C)OC(=O)Cn2c(C)csc2=O)cc1Cl. The third-order valence-electron chi connectivity index (χ3n) is 3.36. The van der Waals surface area contributed by atoms with Crippen LogP contribution in [0.4, 0.5) is 5.69 Å². The van der Waals surface area contributed by atoms with Crippen molar-refractivity contribution in [2.24, 2.45) is 0 Å². The van der Waals surface area contributed by atoms with Crippen LogP contribution in [0.3, 0.4) is 0 Å². The molecule has 1 aromatic carbocycles. The lowest BCUT2D eigenvalue weighted by atomic mass is 10.3. The Morgan fingerprint density at radius 2 is 2.12 bits per heavy atom. The molecule has 2 aromatic rings. The minimum Gasteiger partial charge on any atom is -0.495 e. The quantitative estimate of drug-likeness (QED) is 0.773. The molecule has 0 aliphatic heterocycles. The second-order valence-electron chi connectivity index (χ2n) is 5.20. The standard InChI is InChI=1S/C16H17ClN2O5S/c1-9-8-25-16(22)19(9)7-14(20)24-10(2)15(21)18-11-4-5-13(23-3)12(17)6-11/h4-6,8,10H,7H2,1-3H3,(H,18,21)/t10-/m0/s1. The number of aromatic nitrogens is 1. The van der Waals surface area contributed by atoms with Gasteiger partial charge in [0.25, 0.3) is 5.91 Å². The Morgan fingerprint density at radius 1 is 1.40 bits per heavy atom. The Morgan fingerprint density at radius 3 is 2.68 bits per heavy atom. The number of thiazole rings is 1. The summed E-state index contributed by atoms with van der Waals surface area (Å²) < 4.78 is 11.4. The van der Waals surface area contributed by atoms with Crippen LogP contribution in [0.1, 0.15) is 12.6 Å². The molecular weight excluding hydrogens is 368 g/mol. The van der Waals surface area contributed by atoms with Crippen LogP contribution in [0.5, 0.6) is 5.75 Å². The fraction of sp³-hybridized carbons (Fsp3) is 0.312. The van der Waals surface area contributed by atoms with E-state index in [9.17, 15) is 14.4 Å². The lowest BCUT2D eigenvalue weighted by Crippen LogP contribution is -2.32. The molecule has 1 N–H and O–H groups in total. The normalized spacial score (nSPS) is 11.7. The molecule has 0 unspecified atom stereocenters. The number of nitrogens with zero attached hydrogens (tertiary/aromatic N) is 1. The summed E-state index contributed by atoms with van der Waals surface area (Å²) in [6, 6.07) is 4.76. The first kappa shape index (κ1) is 19.0. The number of amides is 1. The van der Waals surface area contributed by atoms with Crippen molar-refractivity contribution < 1.29 is 19.1 Å². The van der Waals surface area contributed by atoms with Crippen molar-refractivity contribution in [3.8, 4) is 5.75 Å². The van der Waals surface area contributed by atoms with Crippen LogP contribution in [0.2, 0.25) is 5.02 Å². The second kappa shape index (κ2) is 8.17. The summed E-state index contributed by atoms with van der Waals surface area (Å²) in [7, 11) is 1.49. The average molecular weight is 385 g/mol. The number of aryl methyl sites for hydroxylation is 1. The van der Waals surface area contributed by atoms with Gasteiger partial charge in [-0.1, -0.05) is 22.9 Å². The molecule has 25 heavy (non-hydrogen) atoms. The maximum atomic E-state index is 12.1.